The van der Waals surface area contributed by atoms with Crippen LogP contribution in [-0.4, -0.2) is 17.9 Å². The predicted molar refractivity (Wildman–Crippen MR) is 92.2 cm³/mol. The maximum absolute atomic E-state index is 13.6. The Bertz CT molecular complexity index is 809. The van der Waals surface area contributed by atoms with Crippen LogP contribution in [0.3, 0.4) is 0 Å². The van der Waals surface area contributed by atoms with Crippen LogP contribution in [0.2, 0.25) is 10.0 Å². The van der Waals surface area contributed by atoms with Crippen molar-refractivity contribution in [3.63, 3.8) is 0 Å². The van der Waals surface area contributed by atoms with Crippen molar-refractivity contribution in [2.45, 2.75) is 25.0 Å². The summed E-state index contributed by atoms with van der Waals surface area (Å²) in [7, 11) is 0. The normalized spacial score (nSPS) is 14.7. The summed E-state index contributed by atoms with van der Waals surface area (Å²) in [5.41, 5.74) is 0.322. The lowest BCUT2D eigenvalue weighted by Gasteiger charge is -2.18. The predicted octanol–water partition coefficient (Wildman–Crippen LogP) is 4.31. The van der Waals surface area contributed by atoms with Crippen LogP contribution in [0, 0.1) is 5.82 Å². The van der Waals surface area contributed by atoms with Gasteiger partial charge >= 0.3 is 5.97 Å². The summed E-state index contributed by atoms with van der Waals surface area (Å²) in [5, 5.41) is 2.55. The number of hydrogen-bond acceptors (Lipinski definition) is 3. The first-order chi connectivity index (χ1) is 12.0. The molecule has 7 heteroatoms. The van der Waals surface area contributed by atoms with Crippen molar-refractivity contribution in [3.8, 4) is 0 Å². The average molecular weight is 382 g/mol. The van der Waals surface area contributed by atoms with E-state index in [0.29, 0.717) is 5.56 Å². The number of rotatable bonds is 5. The van der Waals surface area contributed by atoms with Crippen LogP contribution in [0.15, 0.2) is 42.5 Å². The van der Waals surface area contributed by atoms with Crippen molar-refractivity contribution in [3.05, 3.63) is 69.5 Å². The molecule has 2 aromatic rings. The molecule has 3 rings (SSSR count). The summed E-state index contributed by atoms with van der Waals surface area (Å²) in [6, 6.07) is 10.7. The van der Waals surface area contributed by atoms with Gasteiger partial charge in [0.05, 0.1) is 15.6 Å². The van der Waals surface area contributed by atoms with Crippen molar-refractivity contribution in [1.82, 2.24) is 5.32 Å². The van der Waals surface area contributed by atoms with E-state index >= 15 is 0 Å². The molecule has 1 amide bonds. The molecule has 0 aliphatic heterocycles. The van der Waals surface area contributed by atoms with Crippen molar-refractivity contribution >= 4 is 35.1 Å². The second-order valence-electron chi connectivity index (χ2n) is 5.73. The number of hydrogen-bond donors (Lipinski definition) is 1. The van der Waals surface area contributed by atoms with E-state index in [-0.39, 0.29) is 21.7 Å². The Morgan fingerprint density at radius 2 is 1.80 bits per heavy atom. The zero-order valence-electron chi connectivity index (χ0n) is 13.0. The Labute approximate surface area is 153 Å². The van der Waals surface area contributed by atoms with Gasteiger partial charge in [-0.05, 0) is 25.0 Å². The fourth-order valence-electron chi connectivity index (χ4n) is 2.25. The summed E-state index contributed by atoms with van der Waals surface area (Å²) in [5.74, 6) is -2.12. The molecule has 0 unspecified atom stereocenters. The largest absolute Gasteiger partial charge is 0.444 e. The number of nitrogens with one attached hydrogen (secondary N) is 1. The molecule has 1 N–H and O–H groups in total. The zero-order chi connectivity index (χ0) is 18.0. The smallest absolute Gasteiger partial charge is 0.340 e. The monoisotopic (exact) mass is 381 g/mol. The third-order valence-corrected chi connectivity index (χ3v) is 4.32. The molecular formula is C18H14Cl2FNO3. The van der Waals surface area contributed by atoms with Crippen LogP contribution < -0.4 is 5.32 Å². The van der Waals surface area contributed by atoms with E-state index in [1.165, 1.54) is 0 Å². The van der Waals surface area contributed by atoms with Crippen molar-refractivity contribution in [2.75, 3.05) is 0 Å². The topological polar surface area (TPSA) is 55.4 Å². The van der Waals surface area contributed by atoms with E-state index < -0.39 is 23.8 Å². The molecule has 2 aromatic carbocycles. The van der Waals surface area contributed by atoms with E-state index in [9.17, 15) is 14.0 Å². The van der Waals surface area contributed by atoms with E-state index in [1.54, 1.807) is 30.3 Å². The molecule has 4 nitrogen and oxygen atoms in total. The van der Waals surface area contributed by atoms with Crippen LogP contribution in [-0.2, 0) is 9.53 Å². The molecule has 0 spiro atoms. The standard InChI is InChI=1S/C18H14Cl2FNO3/c19-13-9-14(20)15(21)8-12(13)18(24)25-16(10-4-2-1-3-5-10)17(23)22-11-6-7-11/h1-5,8-9,11,16H,6-7H2,(H,22,23)/t16-/m0/s1. The third-order valence-electron chi connectivity index (χ3n) is 3.72. The zero-order valence-corrected chi connectivity index (χ0v) is 14.5. The first-order valence-corrected chi connectivity index (χ1v) is 8.42. The minimum absolute atomic E-state index is 0.0502. The Balaban J connectivity index is 1.85. The molecule has 1 atom stereocenters. The van der Waals surface area contributed by atoms with E-state index in [2.05, 4.69) is 5.32 Å². The van der Waals surface area contributed by atoms with Crippen LogP contribution in [0.5, 0.6) is 0 Å². The SMILES string of the molecule is O=C(O[C@H](C(=O)NC1CC1)c1ccccc1)c1cc(F)c(Cl)cc1Cl. The summed E-state index contributed by atoms with van der Waals surface area (Å²) in [4.78, 5) is 24.9. The van der Waals surface area contributed by atoms with Gasteiger partial charge in [-0.2, -0.15) is 0 Å². The van der Waals surface area contributed by atoms with Gasteiger partial charge in [-0.15, -0.1) is 0 Å². The molecule has 0 aromatic heterocycles. The van der Waals surface area contributed by atoms with Crippen LogP contribution >= 0.6 is 23.2 Å². The van der Waals surface area contributed by atoms with Gasteiger partial charge in [-0.25, -0.2) is 9.18 Å². The number of carbonyl (C=O) groups is 2. The lowest BCUT2D eigenvalue weighted by Crippen LogP contribution is -2.33. The molecule has 1 aliphatic rings. The molecule has 0 heterocycles. The van der Waals surface area contributed by atoms with Crippen LogP contribution in [0.25, 0.3) is 0 Å². The minimum atomic E-state index is -1.15. The maximum Gasteiger partial charge on any atom is 0.340 e. The molecule has 130 valence electrons. The summed E-state index contributed by atoms with van der Waals surface area (Å²) in [6.45, 7) is 0. The second kappa shape index (κ2) is 7.42. The van der Waals surface area contributed by atoms with Crippen molar-refractivity contribution in [1.29, 1.82) is 0 Å². The van der Waals surface area contributed by atoms with Gasteiger partial charge in [0.25, 0.3) is 5.91 Å². The van der Waals surface area contributed by atoms with Gasteiger partial charge in [0.1, 0.15) is 5.82 Å². The molecule has 1 aliphatic carbocycles. The van der Waals surface area contributed by atoms with Gasteiger partial charge in [-0.1, -0.05) is 53.5 Å². The fraction of sp³-hybridized carbons (Fsp3) is 0.222. The van der Waals surface area contributed by atoms with Crippen LogP contribution in [0.4, 0.5) is 4.39 Å². The highest BCUT2D eigenvalue weighted by molar-refractivity contribution is 6.36. The number of benzene rings is 2. The third kappa shape index (κ3) is 4.30. The van der Waals surface area contributed by atoms with Gasteiger partial charge in [0.2, 0.25) is 6.10 Å². The van der Waals surface area contributed by atoms with E-state index in [4.69, 9.17) is 27.9 Å². The highest BCUT2D eigenvalue weighted by Crippen LogP contribution is 2.28. The summed E-state index contributed by atoms with van der Waals surface area (Å²) >= 11 is 11.6. The molecule has 25 heavy (non-hydrogen) atoms. The Hall–Kier alpha value is -2.11. The number of carbonyl (C=O) groups excluding carboxylic acids is 2. The number of halogens is 3. The molecule has 0 saturated heterocycles. The molecule has 1 fully saturated rings. The molecule has 0 bridgehead atoms. The van der Waals surface area contributed by atoms with Gasteiger partial charge in [-0.3, -0.25) is 4.79 Å². The van der Waals surface area contributed by atoms with Crippen molar-refractivity contribution < 1.29 is 18.7 Å². The van der Waals surface area contributed by atoms with Gasteiger partial charge in [0.15, 0.2) is 0 Å². The minimum Gasteiger partial charge on any atom is -0.444 e. The number of ether oxygens (including phenoxy) is 1. The summed E-state index contributed by atoms with van der Waals surface area (Å²) < 4.78 is 19.0. The van der Waals surface area contributed by atoms with Gasteiger partial charge in [0, 0.05) is 11.6 Å². The quantitative estimate of drug-likeness (QED) is 0.620. The lowest BCUT2D eigenvalue weighted by atomic mass is 10.1. The van der Waals surface area contributed by atoms with E-state index in [0.717, 1.165) is 25.0 Å². The number of amides is 1. The molecular weight excluding hydrogens is 368 g/mol. The van der Waals surface area contributed by atoms with Crippen molar-refractivity contribution in [2.24, 2.45) is 0 Å². The Morgan fingerprint density at radius 1 is 1.12 bits per heavy atom. The van der Waals surface area contributed by atoms with E-state index in [1.807, 2.05) is 0 Å². The average Bonchev–Trinajstić information content (AvgIpc) is 3.40. The highest BCUT2D eigenvalue weighted by atomic mass is 35.5. The van der Waals surface area contributed by atoms with Crippen LogP contribution in [0.1, 0.15) is 34.9 Å². The molecule has 1 saturated carbocycles. The number of esters is 1. The Kier molecular flexibility index (Phi) is 5.25. The first-order valence-electron chi connectivity index (χ1n) is 7.66. The lowest BCUT2D eigenvalue weighted by molar-refractivity contribution is -0.130. The Morgan fingerprint density at radius 3 is 2.44 bits per heavy atom. The maximum atomic E-state index is 13.6. The molecule has 0 radical (unpaired) electrons. The summed E-state index contributed by atoms with van der Waals surface area (Å²) in [6.07, 6.45) is 0.647. The highest BCUT2D eigenvalue weighted by Gasteiger charge is 2.31. The second-order valence-corrected chi connectivity index (χ2v) is 6.54. The fourth-order valence-corrected chi connectivity index (χ4v) is 2.72. The van der Waals surface area contributed by atoms with Gasteiger partial charge < -0.3 is 10.1 Å². The first kappa shape index (κ1) is 17.7.